The highest BCUT2D eigenvalue weighted by Crippen LogP contribution is 2.25. The molecule has 1 saturated heterocycles. The zero-order chi connectivity index (χ0) is 20.9. The number of thioether (sulfide) groups is 1. The van der Waals surface area contributed by atoms with Crippen LogP contribution in [0.15, 0.2) is 47.4 Å². The van der Waals surface area contributed by atoms with Gasteiger partial charge in [0.05, 0.1) is 15.5 Å². The van der Waals surface area contributed by atoms with Crippen molar-refractivity contribution in [3.05, 3.63) is 63.6 Å². The summed E-state index contributed by atoms with van der Waals surface area (Å²) in [7, 11) is -3.60. The van der Waals surface area contributed by atoms with Crippen molar-refractivity contribution >= 4 is 50.9 Å². The summed E-state index contributed by atoms with van der Waals surface area (Å²) in [5, 5.41) is 3.76. The second-order valence-corrected chi connectivity index (χ2v) is 10.5. The van der Waals surface area contributed by atoms with Crippen LogP contribution in [-0.2, 0) is 15.8 Å². The molecule has 1 heterocycles. The second kappa shape index (κ2) is 10.2. The molecule has 0 spiro atoms. The molecule has 2 aromatic carbocycles. The van der Waals surface area contributed by atoms with E-state index in [4.69, 9.17) is 23.2 Å². The van der Waals surface area contributed by atoms with Gasteiger partial charge in [-0.3, -0.25) is 4.79 Å². The molecule has 156 valence electrons. The van der Waals surface area contributed by atoms with Gasteiger partial charge in [-0.15, -0.1) is 0 Å². The fourth-order valence-corrected chi connectivity index (χ4v) is 5.94. The molecule has 0 bridgehead atoms. The van der Waals surface area contributed by atoms with Crippen LogP contribution in [0.25, 0.3) is 0 Å². The second-order valence-electron chi connectivity index (χ2n) is 6.65. The molecule has 0 unspecified atom stereocenters. The van der Waals surface area contributed by atoms with Crippen molar-refractivity contribution in [1.29, 1.82) is 0 Å². The predicted molar refractivity (Wildman–Crippen MR) is 119 cm³/mol. The topological polar surface area (TPSA) is 66.5 Å². The molecule has 1 aliphatic heterocycles. The Morgan fingerprint density at radius 3 is 2.52 bits per heavy atom. The fourth-order valence-electron chi connectivity index (χ4n) is 3.05. The van der Waals surface area contributed by atoms with Gasteiger partial charge < -0.3 is 5.32 Å². The summed E-state index contributed by atoms with van der Waals surface area (Å²) in [5.41, 5.74) is 1.22. The molecule has 0 atom stereocenters. The lowest BCUT2D eigenvalue weighted by Gasteiger charge is -2.16. The molecule has 0 aromatic heterocycles. The van der Waals surface area contributed by atoms with Gasteiger partial charge in [-0.1, -0.05) is 41.4 Å². The van der Waals surface area contributed by atoms with Crippen LogP contribution in [0, 0.1) is 0 Å². The Balaban J connectivity index is 1.57. The highest BCUT2D eigenvalue weighted by atomic mass is 35.5. The first-order valence-electron chi connectivity index (χ1n) is 9.28. The fraction of sp³-hybridized carbons (Fsp3) is 0.350. The number of carbonyl (C=O) groups is 1. The third-order valence-electron chi connectivity index (χ3n) is 4.63. The highest BCUT2D eigenvalue weighted by molar-refractivity contribution is 7.98. The van der Waals surface area contributed by atoms with Crippen LogP contribution in [0.2, 0.25) is 10.0 Å². The first-order valence-corrected chi connectivity index (χ1v) is 12.6. The van der Waals surface area contributed by atoms with E-state index in [9.17, 15) is 13.2 Å². The van der Waals surface area contributed by atoms with Crippen molar-refractivity contribution in [2.45, 2.75) is 23.5 Å². The van der Waals surface area contributed by atoms with Gasteiger partial charge in [-0.25, -0.2) is 8.42 Å². The van der Waals surface area contributed by atoms with Gasteiger partial charge in [-0.05, 0) is 42.7 Å². The highest BCUT2D eigenvalue weighted by Gasteiger charge is 2.28. The lowest BCUT2D eigenvalue weighted by atomic mass is 10.2. The van der Waals surface area contributed by atoms with Gasteiger partial charge in [0.1, 0.15) is 0 Å². The van der Waals surface area contributed by atoms with E-state index in [2.05, 4.69) is 5.32 Å². The van der Waals surface area contributed by atoms with Crippen molar-refractivity contribution in [2.24, 2.45) is 0 Å². The standard InChI is InChI=1S/C20H22Cl2N2O3S2/c21-18-6-2-1-5-15(18)14-28-12-9-23-20(25)17-13-16(7-8-19(17)22)29(26,27)24-10-3-4-11-24/h1-2,5-8,13H,3-4,9-12,14H2,(H,23,25). The van der Waals surface area contributed by atoms with Crippen molar-refractivity contribution in [1.82, 2.24) is 9.62 Å². The maximum absolute atomic E-state index is 12.7. The summed E-state index contributed by atoms with van der Waals surface area (Å²) in [4.78, 5) is 12.6. The molecule has 5 nitrogen and oxygen atoms in total. The molecule has 29 heavy (non-hydrogen) atoms. The van der Waals surface area contributed by atoms with Gasteiger partial charge >= 0.3 is 0 Å². The molecule has 3 rings (SSSR count). The number of nitrogens with zero attached hydrogens (tertiary/aromatic N) is 1. The van der Waals surface area contributed by atoms with Gasteiger partial charge in [0, 0.05) is 36.2 Å². The number of hydrogen-bond donors (Lipinski definition) is 1. The third-order valence-corrected chi connectivity index (χ3v) is 8.23. The quantitative estimate of drug-likeness (QED) is 0.576. The van der Waals surface area contributed by atoms with Crippen LogP contribution in [0.3, 0.4) is 0 Å². The molecule has 2 aromatic rings. The number of nitrogens with one attached hydrogen (secondary N) is 1. The number of carbonyl (C=O) groups excluding carboxylic acids is 1. The number of rotatable bonds is 8. The maximum Gasteiger partial charge on any atom is 0.252 e. The first kappa shape index (κ1) is 22.4. The van der Waals surface area contributed by atoms with Gasteiger partial charge in [0.2, 0.25) is 10.0 Å². The van der Waals surface area contributed by atoms with Crippen LogP contribution >= 0.6 is 35.0 Å². The summed E-state index contributed by atoms with van der Waals surface area (Å²) >= 11 is 13.9. The summed E-state index contributed by atoms with van der Waals surface area (Å²) in [6.45, 7) is 1.46. The number of halogens is 2. The lowest BCUT2D eigenvalue weighted by molar-refractivity contribution is 0.0956. The summed E-state index contributed by atoms with van der Waals surface area (Å²) in [6.07, 6.45) is 1.71. The molecule has 1 amide bonds. The van der Waals surface area contributed by atoms with E-state index in [-0.39, 0.29) is 21.4 Å². The van der Waals surface area contributed by atoms with E-state index in [1.165, 1.54) is 22.5 Å². The molecule has 1 aliphatic rings. The Labute approximate surface area is 185 Å². The number of hydrogen-bond acceptors (Lipinski definition) is 4. The molecule has 1 N–H and O–H groups in total. The summed E-state index contributed by atoms with van der Waals surface area (Å²) in [6, 6.07) is 11.9. The summed E-state index contributed by atoms with van der Waals surface area (Å²) in [5.74, 6) is 1.06. The van der Waals surface area contributed by atoms with Gasteiger partial charge in [0.15, 0.2) is 0 Å². The Morgan fingerprint density at radius 1 is 1.07 bits per heavy atom. The van der Waals surface area contributed by atoms with Gasteiger partial charge in [0.25, 0.3) is 5.91 Å². The monoisotopic (exact) mass is 472 g/mol. The van der Waals surface area contributed by atoms with E-state index in [0.717, 1.165) is 29.2 Å². The number of benzene rings is 2. The average Bonchev–Trinajstić information content (AvgIpc) is 3.25. The van der Waals surface area contributed by atoms with Crippen molar-refractivity contribution in [3.8, 4) is 0 Å². The molecule has 1 fully saturated rings. The Morgan fingerprint density at radius 2 is 1.79 bits per heavy atom. The number of sulfonamides is 1. The van der Waals surface area contributed by atoms with Crippen molar-refractivity contribution in [2.75, 3.05) is 25.4 Å². The van der Waals surface area contributed by atoms with Crippen LogP contribution in [0.5, 0.6) is 0 Å². The van der Waals surface area contributed by atoms with Gasteiger partial charge in [-0.2, -0.15) is 16.1 Å². The first-order chi connectivity index (χ1) is 13.9. The summed E-state index contributed by atoms with van der Waals surface area (Å²) < 4.78 is 26.9. The lowest BCUT2D eigenvalue weighted by Crippen LogP contribution is -2.29. The van der Waals surface area contributed by atoms with E-state index >= 15 is 0 Å². The van der Waals surface area contributed by atoms with E-state index < -0.39 is 10.0 Å². The molecule has 0 radical (unpaired) electrons. The van der Waals surface area contributed by atoms with Crippen molar-refractivity contribution in [3.63, 3.8) is 0 Å². The molecular weight excluding hydrogens is 451 g/mol. The van der Waals surface area contributed by atoms with Crippen LogP contribution in [0.1, 0.15) is 28.8 Å². The smallest absolute Gasteiger partial charge is 0.252 e. The predicted octanol–water partition coefficient (Wildman–Crippen LogP) is 4.44. The minimum atomic E-state index is -3.60. The maximum atomic E-state index is 12.7. The molecule has 9 heteroatoms. The van der Waals surface area contributed by atoms with E-state index in [1.807, 2.05) is 24.3 Å². The van der Waals surface area contributed by atoms with Crippen LogP contribution < -0.4 is 5.32 Å². The molecular formula is C20H22Cl2N2O3S2. The Hall–Kier alpha value is -1.25. The minimum absolute atomic E-state index is 0.0991. The van der Waals surface area contributed by atoms with Crippen LogP contribution in [-0.4, -0.2) is 44.0 Å². The number of amides is 1. The average molecular weight is 473 g/mol. The Kier molecular flexibility index (Phi) is 7.87. The zero-order valence-electron chi connectivity index (χ0n) is 15.7. The Bertz CT molecular complexity index is 977. The molecule has 0 saturated carbocycles. The van der Waals surface area contributed by atoms with Crippen LogP contribution in [0.4, 0.5) is 0 Å². The zero-order valence-corrected chi connectivity index (χ0v) is 18.9. The SMILES string of the molecule is O=C(NCCSCc1ccccc1Cl)c1cc(S(=O)(=O)N2CCCC2)ccc1Cl. The molecule has 0 aliphatic carbocycles. The largest absolute Gasteiger partial charge is 0.351 e. The van der Waals surface area contributed by atoms with E-state index in [1.54, 1.807) is 11.8 Å². The minimum Gasteiger partial charge on any atom is -0.351 e. The van der Waals surface area contributed by atoms with E-state index in [0.29, 0.717) is 25.4 Å². The normalized spacial score (nSPS) is 14.8. The third kappa shape index (κ3) is 5.67. The van der Waals surface area contributed by atoms with Crippen molar-refractivity contribution < 1.29 is 13.2 Å².